The second-order valence-electron chi connectivity index (χ2n) is 8.30. The molecule has 1 saturated heterocycles. The van der Waals surface area contributed by atoms with Gasteiger partial charge in [-0.2, -0.15) is 9.03 Å². The first-order chi connectivity index (χ1) is 16.0. The minimum atomic E-state index is -3.91. The van der Waals surface area contributed by atoms with E-state index in [1.54, 1.807) is 25.1 Å². The lowest BCUT2D eigenvalue weighted by Gasteiger charge is -2.25. The van der Waals surface area contributed by atoms with Gasteiger partial charge in [0.05, 0.1) is 22.9 Å². The number of carbonyl (C=O) groups is 1. The minimum Gasteiger partial charge on any atom is -0.496 e. The van der Waals surface area contributed by atoms with Crippen molar-refractivity contribution in [2.24, 2.45) is 0 Å². The first kappa shape index (κ1) is 26.1. The van der Waals surface area contributed by atoms with Gasteiger partial charge in [0.25, 0.3) is 0 Å². The van der Waals surface area contributed by atoms with Gasteiger partial charge in [-0.25, -0.2) is 16.8 Å². The van der Waals surface area contributed by atoms with Crippen molar-refractivity contribution in [3.8, 4) is 5.75 Å². The van der Waals surface area contributed by atoms with Crippen LogP contribution in [-0.2, 0) is 31.4 Å². The predicted molar refractivity (Wildman–Crippen MR) is 128 cm³/mol. The third-order valence-electron chi connectivity index (χ3n) is 5.74. The molecule has 0 unspecified atom stereocenters. The van der Waals surface area contributed by atoms with Crippen LogP contribution in [0.1, 0.15) is 37.3 Å². The molecule has 2 N–H and O–H groups in total. The summed E-state index contributed by atoms with van der Waals surface area (Å²) in [5, 5.41) is 2.68. The lowest BCUT2D eigenvalue weighted by Crippen LogP contribution is -2.44. The van der Waals surface area contributed by atoms with Crippen LogP contribution in [-0.4, -0.2) is 53.3 Å². The van der Waals surface area contributed by atoms with Crippen LogP contribution in [0.25, 0.3) is 0 Å². The Balaban J connectivity index is 1.58. The molecular weight excluding hydrogens is 478 g/mol. The predicted octanol–water partition coefficient (Wildman–Crippen LogP) is 2.16. The first-order valence-electron chi connectivity index (χ1n) is 11.1. The van der Waals surface area contributed by atoms with Gasteiger partial charge in [0, 0.05) is 19.6 Å². The summed E-state index contributed by atoms with van der Waals surface area (Å²) < 4.78 is 59.8. The zero-order valence-corrected chi connectivity index (χ0v) is 21.2. The van der Waals surface area contributed by atoms with E-state index in [1.807, 2.05) is 0 Å². The zero-order chi connectivity index (χ0) is 24.9. The molecule has 1 amide bonds. The fourth-order valence-electron chi connectivity index (χ4n) is 3.75. The van der Waals surface area contributed by atoms with Crippen molar-refractivity contribution in [1.82, 2.24) is 14.3 Å². The average molecular weight is 510 g/mol. The summed E-state index contributed by atoms with van der Waals surface area (Å²) in [5.41, 5.74) is 1.36. The van der Waals surface area contributed by atoms with Crippen LogP contribution in [0, 0.1) is 6.92 Å². The van der Waals surface area contributed by atoms with Gasteiger partial charge in [-0.15, -0.1) is 0 Å². The number of ether oxygens (including phenoxy) is 1. The van der Waals surface area contributed by atoms with Crippen LogP contribution in [0.5, 0.6) is 5.75 Å². The number of sulfonamides is 2. The number of hydrogen-bond donors (Lipinski definition) is 2. The molecule has 0 aromatic heterocycles. The molecule has 0 saturated carbocycles. The van der Waals surface area contributed by atoms with Crippen LogP contribution in [0.4, 0.5) is 0 Å². The molecule has 0 radical (unpaired) electrons. The van der Waals surface area contributed by atoms with E-state index in [1.165, 1.54) is 42.6 Å². The fraction of sp³-hybridized carbons (Fsp3) is 0.435. The Bertz CT molecular complexity index is 1220. The quantitative estimate of drug-likeness (QED) is 0.534. The Morgan fingerprint density at radius 2 is 1.62 bits per heavy atom. The Morgan fingerprint density at radius 1 is 1.00 bits per heavy atom. The number of benzene rings is 2. The maximum atomic E-state index is 12.7. The highest BCUT2D eigenvalue weighted by Crippen LogP contribution is 2.22. The van der Waals surface area contributed by atoms with Gasteiger partial charge in [0.1, 0.15) is 5.75 Å². The van der Waals surface area contributed by atoms with Gasteiger partial charge >= 0.3 is 0 Å². The Labute approximate surface area is 201 Å². The molecule has 11 heteroatoms. The Morgan fingerprint density at radius 3 is 2.21 bits per heavy atom. The number of hydrogen-bond acceptors (Lipinski definition) is 6. The van der Waals surface area contributed by atoms with E-state index in [9.17, 15) is 21.6 Å². The highest BCUT2D eigenvalue weighted by molar-refractivity contribution is 7.89. The monoisotopic (exact) mass is 509 g/mol. The SMILES string of the molecule is COc1ccc(S(=O)(=O)N[C@H](C)C(=O)NCc2ccc(S(=O)(=O)N3CCCCC3)cc2)cc1C. The van der Waals surface area contributed by atoms with Crippen LogP contribution >= 0.6 is 0 Å². The third-order valence-corrected chi connectivity index (χ3v) is 9.20. The van der Waals surface area contributed by atoms with E-state index in [2.05, 4.69) is 10.0 Å². The molecule has 1 aliphatic rings. The van der Waals surface area contributed by atoms with Gasteiger partial charge in [-0.1, -0.05) is 18.6 Å². The van der Waals surface area contributed by atoms with E-state index < -0.39 is 32.0 Å². The summed E-state index contributed by atoms with van der Waals surface area (Å²) >= 11 is 0. The number of aryl methyl sites for hydroxylation is 1. The molecule has 186 valence electrons. The molecule has 0 bridgehead atoms. The molecule has 1 aliphatic heterocycles. The average Bonchev–Trinajstić information content (AvgIpc) is 2.83. The second kappa shape index (κ2) is 10.9. The third kappa shape index (κ3) is 6.15. The standard InChI is InChI=1S/C23H31N3O6S2/c1-17-15-21(11-12-22(17)32-3)33(28,29)25-18(2)23(27)24-16-19-7-9-20(10-8-19)34(30,31)26-13-5-4-6-14-26/h7-12,15,18,25H,4-6,13-14,16H2,1-3H3,(H,24,27)/t18-/m1/s1. The molecule has 1 atom stereocenters. The number of rotatable bonds is 9. The Hall–Kier alpha value is -2.47. The number of amides is 1. The van der Waals surface area contributed by atoms with E-state index in [0.717, 1.165) is 19.3 Å². The molecule has 0 aliphatic carbocycles. The van der Waals surface area contributed by atoms with E-state index in [4.69, 9.17) is 4.74 Å². The second-order valence-corrected chi connectivity index (χ2v) is 12.0. The summed E-state index contributed by atoms with van der Waals surface area (Å²) in [6, 6.07) is 9.80. The van der Waals surface area contributed by atoms with Crippen molar-refractivity contribution in [2.45, 2.75) is 55.5 Å². The lowest BCUT2D eigenvalue weighted by atomic mass is 10.2. The van der Waals surface area contributed by atoms with E-state index in [0.29, 0.717) is 30.0 Å². The van der Waals surface area contributed by atoms with Crippen molar-refractivity contribution >= 4 is 26.0 Å². The number of carbonyl (C=O) groups excluding carboxylic acids is 1. The van der Waals surface area contributed by atoms with Gasteiger partial charge in [0.15, 0.2) is 0 Å². The van der Waals surface area contributed by atoms with Gasteiger partial charge in [-0.3, -0.25) is 4.79 Å². The number of nitrogens with zero attached hydrogens (tertiary/aromatic N) is 1. The molecule has 2 aromatic carbocycles. The summed E-state index contributed by atoms with van der Waals surface area (Å²) in [6.45, 7) is 4.39. The summed E-state index contributed by atoms with van der Waals surface area (Å²) in [6.07, 6.45) is 2.77. The Kier molecular flexibility index (Phi) is 8.34. The summed E-state index contributed by atoms with van der Waals surface area (Å²) in [5.74, 6) is 0.0679. The molecule has 1 fully saturated rings. The number of nitrogens with one attached hydrogen (secondary N) is 2. The maximum Gasteiger partial charge on any atom is 0.243 e. The molecule has 1 heterocycles. The van der Waals surface area contributed by atoms with Crippen molar-refractivity contribution < 1.29 is 26.4 Å². The molecule has 9 nitrogen and oxygen atoms in total. The van der Waals surface area contributed by atoms with Gasteiger partial charge in [0.2, 0.25) is 26.0 Å². The van der Waals surface area contributed by atoms with E-state index >= 15 is 0 Å². The summed E-state index contributed by atoms with van der Waals surface area (Å²) in [7, 11) is -5.92. The normalized spacial score (nSPS) is 16.1. The molecule has 2 aromatic rings. The maximum absolute atomic E-state index is 12.7. The fourth-order valence-corrected chi connectivity index (χ4v) is 6.55. The topological polar surface area (TPSA) is 122 Å². The molecule has 34 heavy (non-hydrogen) atoms. The zero-order valence-electron chi connectivity index (χ0n) is 19.6. The summed E-state index contributed by atoms with van der Waals surface area (Å²) in [4.78, 5) is 12.7. The van der Waals surface area contributed by atoms with Crippen molar-refractivity contribution in [2.75, 3.05) is 20.2 Å². The minimum absolute atomic E-state index is 0.0379. The van der Waals surface area contributed by atoms with Crippen molar-refractivity contribution in [1.29, 1.82) is 0 Å². The lowest BCUT2D eigenvalue weighted by molar-refractivity contribution is -0.122. The molecular formula is C23H31N3O6S2. The first-order valence-corrected chi connectivity index (χ1v) is 14.0. The van der Waals surface area contributed by atoms with Gasteiger partial charge < -0.3 is 10.1 Å². The smallest absolute Gasteiger partial charge is 0.243 e. The van der Waals surface area contributed by atoms with Gasteiger partial charge in [-0.05, 0) is 68.1 Å². The van der Waals surface area contributed by atoms with Crippen LogP contribution < -0.4 is 14.8 Å². The molecule has 0 spiro atoms. The van der Waals surface area contributed by atoms with Crippen molar-refractivity contribution in [3.05, 3.63) is 53.6 Å². The highest BCUT2D eigenvalue weighted by Gasteiger charge is 2.26. The highest BCUT2D eigenvalue weighted by atomic mass is 32.2. The number of methoxy groups -OCH3 is 1. The van der Waals surface area contributed by atoms with Crippen LogP contribution in [0.3, 0.4) is 0 Å². The largest absolute Gasteiger partial charge is 0.496 e. The number of piperidine rings is 1. The van der Waals surface area contributed by atoms with Crippen LogP contribution in [0.2, 0.25) is 0 Å². The van der Waals surface area contributed by atoms with E-state index in [-0.39, 0.29) is 16.3 Å². The molecule has 3 rings (SSSR count). The van der Waals surface area contributed by atoms with Crippen LogP contribution in [0.15, 0.2) is 52.3 Å². The van der Waals surface area contributed by atoms with Crippen molar-refractivity contribution in [3.63, 3.8) is 0 Å².